The number of rotatable bonds is 4. The van der Waals surface area contributed by atoms with E-state index in [1.165, 1.54) is 13.2 Å². The lowest BCUT2D eigenvalue weighted by atomic mass is 9.78. The summed E-state index contributed by atoms with van der Waals surface area (Å²) in [6.07, 6.45) is 0.355. The van der Waals surface area contributed by atoms with E-state index in [9.17, 15) is 15.0 Å². The topological polar surface area (TPSA) is 79.2 Å². The van der Waals surface area contributed by atoms with Crippen LogP contribution in [0.5, 0.6) is 17.2 Å². The Bertz CT molecular complexity index is 905. The lowest BCUT2D eigenvalue weighted by molar-refractivity contribution is -0.0231. The Hall–Kier alpha value is -2.44. The summed E-state index contributed by atoms with van der Waals surface area (Å²) >= 11 is 6.02. The molecule has 29 heavy (non-hydrogen) atoms. The van der Waals surface area contributed by atoms with E-state index in [4.69, 9.17) is 21.1 Å². The second-order valence-electron chi connectivity index (χ2n) is 7.77. The molecule has 6 nitrogen and oxygen atoms in total. The number of benzene rings is 2. The first-order valence-corrected chi connectivity index (χ1v) is 10.1. The van der Waals surface area contributed by atoms with E-state index in [1.54, 1.807) is 29.2 Å². The number of phenols is 1. The smallest absolute Gasteiger partial charge is 0.254 e. The van der Waals surface area contributed by atoms with Crippen LogP contribution in [0.25, 0.3) is 0 Å². The Labute approximate surface area is 174 Å². The van der Waals surface area contributed by atoms with Crippen LogP contribution in [0.15, 0.2) is 42.5 Å². The molecule has 7 heteroatoms. The number of nitrogens with zero attached hydrogens (tertiary/aromatic N) is 1. The first-order valence-electron chi connectivity index (χ1n) is 9.71. The van der Waals surface area contributed by atoms with Gasteiger partial charge in [-0.25, -0.2) is 0 Å². The van der Waals surface area contributed by atoms with Crippen molar-refractivity contribution in [1.29, 1.82) is 0 Å². The lowest BCUT2D eigenvalue weighted by Crippen LogP contribution is -2.42. The maximum Gasteiger partial charge on any atom is 0.254 e. The molecule has 154 valence electrons. The number of carbonyl (C=O) groups excluding carboxylic acids is 1. The Kier molecular flexibility index (Phi) is 5.56. The van der Waals surface area contributed by atoms with Gasteiger partial charge in [-0.1, -0.05) is 17.7 Å². The van der Waals surface area contributed by atoms with Crippen molar-refractivity contribution in [1.82, 2.24) is 4.90 Å². The average Bonchev–Trinajstić information content (AvgIpc) is 3.10. The van der Waals surface area contributed by atoms with Crippen LogP contribution in [0.1, 0.15) is 23.2 Å². The third kappa shape index (κ3) is 4.14. The first kappa shape index (κ1) is 19.9. The van der Waals surface area contributed by atoms with Crippen LogP contribution in [0, 0.1) is 11.8 Å². The number of aliphatic hydroxyl groups is 1. The summed E-state index contributed by atoms with van der Waals surface area (Å²) in [6, 6.07) is 11.8. The predicted octanol–water partition coefficient (Wildman–Crippen LogP) is 3.34. The molecule has 1 aliphatic carbocycles. The lowest BCUT2D eigenvalue weighted by Gasteiger charge is -2.35. The van der Waals surface area contributed by atoms with E-state index >= 15 is 0 Å². The molecule has 2 aromatic rings. The molecule has 1 saturated heterocycles. The number of carbonyl (C=O) groups is 1. The highest BCUT2D eigenvalue weighted by molar-refractivity contribution is 6.30. The van der Waals surface area contributed by atoms with Gasteiger partial charge in [0.15, 0.2) is 11.5 Å². The van der Waals surface area contributed by atoms with Gasteiger partial charge in [0.05, 0.1) is 13.2 Å². The standard InChI is InChI=1S/C22H24ClNO5/c1-28-20-6-5-13(7-18(20)25)22(27)24-11-14-8-19(26)21(9-15(14)12-24)29-17-4-2-3-16(23)10-17/h2-7,10,14-15,19,21,25-26H,8-9,11-12H2,1H3/t14-,15+,19+,21+/m0/s1. The number of amides is 1. The Balaban J connectivity index is 1.43. The number of likely N-dealkylation sites (tertiary alicyclic amines) is 1. The van der Waals surface area contributed by atoms with Crippen LogP contribution < -0.4 is 9.47 Å². The van der Waals surface area contributed by atoms with Gasteiger partial charge in [-0.2, -0.15) is 0 Å². The van der Waals surface area contributed by atoms with E-state index in [2.05, 4.69) is 0 Å². The molecular formula is C22H24ClNO5. The molecule has 0 radical (unpaired) electrons. The molecule has 2 aromatic carbocycles. The van der Waals surface area contributed by atoms with Gasteiger partial charge in [0, 0.05) is 23.7 Å². The van der Waals surface area contributed by atoms with Crippen LogP contribution in [0.3, 0.4) is 0 Å². The van der Waals surface area contributed by atoms with Gasteiger partial charge in [0.25, 0.3) is 5.91 Å². The number of aromatic hydroxyl groups is 1. The fourth-order valence-corrected chi connectivity index (χ4v) is 4.58. The predicted molar refractivity (Wildman–Crippen MR) is 109 cm³/mol. The summed E-state index contributed by atoms with van der Waals surface area (Å²) in [5.74, 6) is 1.29. The first-order chi connectivity index (χ1) is 13.9. The zero-order valence-corrected chi connectivity index (χ0v) is 16.9. The zero-order chi connectivity index (χ0) is 20.5. The maximum atomic E-state index is 12.9. The molecule has 1 saturated carbocycles. The number of ether oxygens (including phenoxy) is 2. The monoisotopic (exact) mass is 417 g/mol. The molecule has 2 aliphatic rings. The van der Waals surface area contributed by atoms with Crippen LogP contribution in [-0.2, 0) is 0 Å². The summed E-state index contributed by atoms with van der Waals surface area (Å²) in [7, 11) is 1.47. The normalized spacial score (nSPS) is 26.1. The summed E-state index contributed by atoms with van der Waals surface area (Å²) in [4.78, 5) is 14.7. The summed E-state index contributed by atoms with van der Waals surface area (Å²) in [5.41, 5.74) is 0.425. The molecule has 2 N–H and O–H groups in total. The summed E-state index contributed by atoms with van der Waals surface area (Å²) in [5, 5.41) is 21.1. The molecule has 0 bridgehead atoms. The molecule has 4 atom stereocenters. The second-order valence-corrected chi connectivity index (χ2v) is 8.21. The number of fused-ring (bicyclic) bond motifs is 1. The van der Waals surface area contributed by atoms with Crippen LogP contribution in [0.4, 0.5) is 0 Å². The van der Waals surface area contributed by atoms with E-state index in [0.29, 0.717) is 48.0 Å². The largest absolute Gasteiger partial charge is 0.504 e. The number of hydrogen-bond donors (Lipinski definition) is 2. The number of phenolic OH excluding ortho intramolecular Hbond substituents is 1. The highest BCUT2D eigenvalue weighted by atomic mass is 35.5. The van der Waals surface area contributed by atoms with Crippen molar-refractivity contribution >= 4 is 17.5 Å². The average molecular weight is 418 g/mol. The second kappa shape index (κ2) is 8.13. The van der Waals surface area contributed by atoms with Crippen molar-refractivity contribution in [3.05, 3.63) is 53.1 Å². The van der Waals surface area contributed by atoms with Crippen molar-refractivity contribution < 1.29 is 24.5 Å². The van der Waals surface area contributed by atoms with Gasteiger partial charge in [-0.05, 0) is 61.1 Å². The number of halogens is 1. The quantitative estimate of drug-likeness (QED) is 0.797. The van der Waals surface area contributed by atoms with E-state index < -0.39 is 6.10 Å². The number of methoxy groups -OCH3 is 1. The van der Waals surface area contributed by atoms with Gasteiger partial charge in [0.2, 0.25) is 0 Å². The molecule has 1 aliphatic heterocycles. The third-order valence-electron chi connectivity index (χ3n) is 5.88. The minimum Gasteiger partial charge on any atom is -0.504 e. The van der Waals surface area contributed by atoms with Gasteiger partial charge < -0.3 is 24.6 Å². The number of hydrogen-bond acceptors (Lipinski definition) is 5. The molecule has 1 amide bonds. The van der Waals surface area contributed by atoms with E-state index in [-0.39, 0.29) is 29.6 Å². The minimum absolute atomic E-state index is 0.0552. The van der Waals surface area contributed by atoms with Crippen molar-refractivity contribution in [2.45, 2.75) is 25.0 Å². The zero-order valence-electron chi connectivity index (χ0n) is 16.1. The van der Waals surface area contributed by atoms with Crippen LogP contribution in [0.2, 0.25) is 5.02 Å². The Morgan fingerprint density at radius 3 is 2.59 bits per heavy atom. The van der Waals surface area contributed by atoms with Crippen molar-refractivity contribution in [3.63, 3.8) is 0 Å². The molecule has 2 fully saturated rings. The summed E-state index contributed by atoms with van der Waals surface area (Å²) in [6.45, 7) is 1.20. The Morgan fingerprint density at radius 2 is 1.90 bits per heavy atom. The molecule has 0 aromatic heterocycles. The number of aliphatic hydroxyl groups excluding tert-OH is 1. The van der Waals surface area contributed by atoms with Crippen molar-refractivity contribution in [2.75, 3.05) is 20.2 Å². The molecule has 4 rings (SSSR count). The van der Waals surface area contributed by atoms with Crippen LogP contribution in [-0.4, -0.2) is 53.4 Å². The van der Waals surface area contributed by atoms with Gasteiger partial charge >= 0.3 is 0 Å². The molecule has 0 spiro atoms. The highest BCUT2D eigenvalue weighted by Gasteiger charge is 2.44. The minimum atomic E-state index is -0.588. The highest BCUT2D eigenvalue weighted by Crippen LogP contribution is 2.39. The molecular weight excluding hydrogens is 394 g/mol. The summed E-state index contributed by atoms with van der Waals surface area (Å²) < 4.78 is 11.0. The SMILES string of the molecule is COc1ccc(C(=O)N2C[C@H]3C[C@@H](Oc4cccc(Cl)c4)[C@H](O)C[C@H]3C2)cc1O. The third-order valence-corrected chi connectivity index (χ3v) is 6.12. The van der Waals surface area contributed by atoms with Gasteiger partial charge in [-0.3, -0.25) is 4.79 Å². The molecule has 1 heterocycles. The fraction of sp³-hybridized carbons (Fsp3) is 0.409. The maximum absolute atomic E-state index is 12.9. The van der Waals surface area contributed by atoms with Crippen molar-refractivity contribution in [3.8, 4) is 17.2 Å². The van der Waals surface area contributed by atoms with Gasteiger partial charge in [0.1, 0.15) is 11.9 Å². The Morgan fingerprint density at radius 1 is 1.14 bits per heavy atom. The molecule has 0 unspecified atom stereocenters. The van der Waals surface area contributed by atoms with E-state index in [1.807, 2.05) is 12.1 Å². The van der Waals surface area contributed by atoms with Gasteiger partial charge in [-0.15, -0.1) is 0 Å². The van der Waals surface area contributed by atoms with Crippen LogP contribution >= 0.6 is 11.6 Å². The van der Waals surface area contributed by atoms with E-state index in [0.717, 1.165) is 0 Å². The van der Waals surface area contributed by atoms with Crippen molar-refractivity contribution in [2.24, 2.45) is 11.8 Å². The fourth-order valence-electron chi connectivity index (χ4n) is 4.40.